The number of fused-ring (bicyclic) bond motifs is 2. The van der Waals surface area contributed by atoms with Crippen molar-refractivity contribution >= 4 is 27.9 Å². The fourth-order valence-electron chi connectivity index (χ4n) is 1.58. The molecule has 0 aromatic carbocycles. The van der Waals surface area contributed by atoms with Gasteiger partial charge in [-0.1, -0.05) is 0 Å². The third-order valence-corrected chi connectivity index (χ3v) is 2.01. The number of hydrogen-bond acceptors (Lipinski definition) is 1. The Morgan fingerprint density at radius 3 is 1.45 bits per heavy atom. The Hall–Kier alpha value is 0.960. The Morgan fingerprint density at radius 2 is 1.36 bits per heavy atom. The van der Waals surface area contributed by atoms with Crippen molar-refractivity contribution in [1.29, 1.82) is 0 Å². The summed E-state index contributed by atoms with van der Waals surface area (Å²) in [6.45, 7) is 4.46. The van der Waals surface area contributed by atoms with Crippen molar-refractivity contribution in [1.82, 2.24) is 0 Å². The van der Waals surface area contributed by atoms with Crippen molar-refractivity contribution in [2.45, 2.75) is 54.9 Å². The number of rotatable bonds is 0. The molecule has 0 amide bonds. The third-order valence-electron chi connectivity index (χ3n) is 2.01. The molecule has 2 fully saturated rings. The van der Waals surface area contributed by atoms with Crippen molar-refractivity contribution in [3.63, 3.8) is 0 Å². The Balaban J connectivity index is 0.000000134. The molecule has 0 N–H and O–H groups in total. The predicted molar refractivity (Wildman–Crippen MR) is 48.0 cm³/mol. The molecule has 0 aliphatic carbocycles. The van der Waals surface area contributed by atoms with Crippen molar-refractivity contribution in [2.24, 2.45) is 0 Å². The second-order valence-electron chi connectivity index (χ2n) is 4.27. The van der Waals surface area contributed by atoms with E-state index >= 15 is 0 Å². The van der Waals surface area contributed by atoms with Crippen LogP contribution in [-0.4, -0.2) is 40.1 Å². The van der Waals surface area contributed by atoms with Crippen LogP contribution in [0.25, 0.3) is 0 Å². The zero-order chi connectivity index (χ0) is 8.27. The fraction of sp³-hybridized carbons (Fsp3) is 1.00. The fourth-order valence-corrected chi connectivity index (χ4v) is 1.58. The van der Waals surface area contributed by atoms with Crippen molar-refractivity contribution in [2.75, 3.05) is 0 Å². The topological polar surface area (TPSA) is 9.23 Å². The average Bonchev–Trinajstić information content (AvgIpc) is 2.45. The monoisotopic (exact) mass is 164 g/mol. The molecule has 2 heteroatoms. The molecular formula is C9H17NaO. The van der Waals surface area contributed by atoms with Crippen LogP contribution < -0.4 is 0 Å². The Labute approximate surface area is 87.3 Å². The summed E-state index contributed by atoms with van der Waals surface area (Å²) in [5.41, 5.74) is 0. The minimum atomic E-state index is 0.671. The van der Waals surface area contributed by atoms with E-state index < -0.39 is 0 Å². The van der Waals surface area contributed by atoms with Crippen LogP contribution in [0.2, 0.25) is 3.17 Å². The van der Waals surface area contributed by atoms with E-state index in [4.69, 9.17) is 4.74 Å². The van der Waals surface area contributed by atoms with Gasteiger partial charge in [-0.3, -0.25) is 0 Å². The second-order valence-corrected chi connectivity index (χ2v) is 6.58. The van der Waals surface area contributed by atoms with Crippen LogP contribution >= 0.6 is 0 Å². The van der Waals surface area contributed by atoms with E-state index in [9.17, 15) is 0 Å². The maximum absolute atomic E-state index is 5.47. The summed E-state index contributed by atoms with van der Waals surface area (Å²) >= 11 is 1.35. The molecule has 0 radical (unpaired) electrons. The molecule has 2 heterocycles. The first-order chi connectivity index (χ1) is 5.18. The van der Waals surface area contributed by atoms with Gasteiger partial charge in [-0.15, -0.1) is 0 Å². The Morgan fingerprint density at radius 1 is 1.09 bits per heavy atom. The summed E-state index contributed by atoms with van der Waals surface area (Å²) in [6, 6.07) is 0. The summed E-state index contributed by atoms with van der Waals surface area (Å²) in [5.74, 6) is 0. The molecule has 11 heavy (non-hydrogen) atoms. The molecule has 0 atom stereocenters. The molecule has 1 nitrogen and oxygen atoms in total. The maximum atomic E-state index is 5.47. The van der Waals surface area contributed by atoms with Crippen molar-refractivity contribution in [3.05, 3.63) is 0 Å². The van der Waals surface area contributed by atoms with Gasteiger partial charge in [-0.2, -0.15) is 0 Å². The summed E-state index contributed by atoms with van der Waals surface area (Å²) in [7, 11) is 0. The van der Waals surface area contributed by atoms with Gasteiger partial charge >= 0.3 is 44.9 Å². The second kappa shape index (κ2) is 4.86. The van der Waals surface area contributed by atoms with Gasteiger partial charge in [0.05, 0.1) is 12.2 Å². The molecule has 0 saturated carbocycles. The van der Waals surface area contributed by atoms with E-state index in [1.807, 2.05) is 0 Å². The van der Waals surface area contributed by atoms with Crippen molar-refractivity contribution in [3.8, 4) is 0 Å². The molecule has 2 aliphatic rings. The van der Waals surface area contributed by atoms with Gasteiger partial charge in [0.25, 0.3) is 0 Å². The van der Waals surface area contributed by atoms with Crippen LogP contribution in [0.5, 0.6) is 0 Å². The van der Waals surface area contributed by atoms with E-state index in [1.165, 1.54) is 53.6 Å². The number of hydrogen-bond donors (Lipinski definition) is 0. The van der Waals surface area contributed by atoms with Gasteiger partial charge in [0.2, 0.25) is 0 Å². The first-order valence-electron chi connectivity index (χ1n) is 4.84. The number of ether oxygens (including phenoxy) is 1. The minimum absolute atomic E-state index is 0.671. The molecule has 2 rings (SSSR count). The van der Waals surface area contributed by atoms with Gasteiger partial charge in [0.1, 0.15) is 0 Å². The quantitative estimate of drug-likeness (QED) is 0.499. The molecule has 0 unspecified atom stereocenters. The van der Waals surface area contributed by atoms with Crippen LogP contribution in [0, 0.1) is 0 Å². The van der Waals surface area contributed by atoms with Crippen LogP contribution in [0.3, 0.4) is 0 Å². The summed E-state index contributed by atoms with van der Waals surface area (Å²) in [5, 5.41) is 0. The standard InChI is InChI=1S/C6H10O.C3H7.Na/c1-2-6-4-3-5(1)7-6;1-3-2;/h5-6H,1-4H2;3H,1-2H3;. The average molecular weight is 164 g/mol. The van der Waals surface area contributed by atoms with Crippen LogP contribution in [0.1, 0.15) is 39.5 Å². The molecule has 2 saturated heterocycles. The van der Waals surface area contributed by atoms with Gasteiger partial charge in [0, 0.05) is 0 Å². The molecular weight excluding hydrogens is 147 g/mol. The van der Waals surface area contributed by atoms with Crippen LogP contribution in [0.4, 0.5) is 0 Å². The first-order valence-corrected chi connectivity index (χ1v) is 5.99. The van der Waals surface area contributed by atoms with Gasteiger partial charge in [-0.05, 0) is 25.7 Å². The SMILES string of the molecule is C1CC2CCC1O2.C[CH](C)[Na]. The normalized spacial score (nSPS) is 33.9. The van der Waals surface area contributed by atoms with E-state index in [2.05, 4.69) is 13.8 Å². The molecule has 60 valence electrons. The molecule has 0 spiro atoms. The molecule has 2 aliphatic heterocycles. The van der Waals surface area contributed by atoms with Gasteiger partial charge < -0.3 is 4.74 Å². The van der Waals surface area contributed by atoms with Crippen LogP contribution in [0.15, 0.2) is 0 Å². The molecule has 2 bridgehead atoms. The first kappa shape index (κ1) is 10.0. The van der Waals surface area contributed by atoms with E-state index in [0.717, 1.165) is 3.17 Å². The zero-order valence-corrected chi connectivity index (χ0v) is 9.97. The van der Waals surface area contributed by atoms with Gasteiger partial charge in [0.15, 0.2) is 0 Å². The van der Waals surface area contributed by atoms with E-state index in [1.54, 1.807) is 0 Å². The van der Waals surface area contributed by atoms with E-state index in [0.29, 0.717) is 12.2 Å². The van der Waals surface area contributed by atoms with Crippen molar-refractivity contribution < 1.29 is 4.74 Å². The van der Waals surface area contributed by atoms with E-state index in [-0.39, 0.29) is 0 Å². The Bertz CT molecular complexity index is 93.4. The summed E-state index contributed by atoms with van der Waals surface area (Å²) in [6.07, 6.45) is 6.69. The predicted octanol–water partition coefficient (Wildman–Crippen LogP) is 2.31. The summed E-state index contributed by atoms with van der Waals surface area (Å²) in [4.78, 5) is 0. The Kier molecular flexibility index (Phi) is 4.44. The molecule has 0 aromatic rings. The zero-order valence-electron chi connectivity index (χ0n) is 7.97. The van der Waals surface area contributed by atoms with Crippen LogP contribution in [-0.2, 0) is 4.74 Å². The third kappa shape index (κ3) is 3.93. The van der Waals surface area contributed by atoms with Gasteiger partial charge in [-0.25, -0.2) is 0 Å². The summed E-state index contributed by atoms with van der Waals surface area (Å²) < 4.78 is 6.44. The molecule has 0 aromatic heterocycles.